The zero-order valence-corrected chi connectivity index (χ0v) is 16.3. The van der Waals surface area contributed by atoms with Crippen molar-refractivity contribution < 1.29 is 9.53 Å². The Balaban J connectivity index is 1.64. The van der Waals surface area contributed by atoms with Gasteiger partial charge in [0.15, 0.2) is 0 Å². The molecule has 4 aromatic rings. The van der Waals surface area contributed by atoms with Gasteiger partial charge in [-0.3, -0.25) is 4.79 Å². The molecule has 2 aromatic carbocycles. The maximum absolute atomic E-state index is 12.6. The molecule has 0 radical (unpaired) electrons. The Morgan fingerprint density at radius 3 is 2.48 bits per heavy atom. The zero-order chi connectivity index (χ0) is 20.3. The highest BCUT2D eigenvalue weighted by molar-refractivity contribution is 5.95. The van der Waals surface area contributed by atoms with Crippen LogP contribution in [0, 0.1) is 0 Å². The predicted octanol–water partition coefficient (Wildman–Crippen LogP) is 5.08. The number of pyridine rings is 1. The van der Waals surface area contributed by atoms with Crippen molar-refractivity contribution in [3.8, 4) is 11.6 Å². The number of hydrogen-bond donors (Lipinski definition) is 0. The Labute approximate surface area is 169 Å². The molecule has 2 heterocycles. The quantitative estimate of drug-likeness (QED) is 0.482. The molecule has 4 rings (SSSR count). The summed E-state index contributed by atoms with van der Waals surface area (Å²) in [6, 6.07) is 24.6. The second-order valence-electron chi connectivity index (χ2n) is 7.24. The van der Waals surface area contributed by atoms with E-state index in [2.05, 4.69) is 18.9 Å². The van der Waals surface area contributed by atoms with Crippen molar-refractivity contribution in [2.45, 2.75) is 19.3 Å². The summed E-state index contributed by atoms with van der Waals surface area (Å²) in [6.07, 6.45) is 3.24. The van der Waals surface area contributed by atoms with E-state index in [1.54, 1.807) is 24.5 Å². The Hall–Kier alpha value is -3.73. The Morgan fingerprint density at radius 1 is 0.931 bits per heavy atom. The van der Waals surface area contributed by atoms with Gasteiger partial charge in [0.25, 0.3) is 5.91 Å². The number of rotatable bonds is 5. The molecule has 0 atom stereocenters. The van der Waals surface area contributed by atoms with Crippen LogP contribution in [0.15, 0.2) is 91.3 Å². The number of benzene rings is 2. The topological polar surface area (TPSA) is 57.0 Å². The van der Waals surface area contributed by atoms with Crippen LogP contribution in [-0.2, 0) is 5.41 Å². The second kappa shape index (κ2) is 7.72. The molecular formula is C24H21N3O2. The average Bonchev–Trinajstić information content (AvgIpc) is 3.29. The molecule has 0 fully saturated rings. The lowest BCUT2D eigenvalue weighted by Gasteiger charge is -2.25. The van der Waals surface area contributed by atoms with Gasteiger partial charge < -0.3 is 4.74 Å². The van der Waals surface area contributed by atoms with Gasteiger partial charge in [0.05, 0.1) is 5.69 Å². The first-order valence-corrected chi connectivity index (χ1v) is 9.39. The molecule has 0 amide bonds. The molecule has 0 spiro atoms. The molecule has 0 aliphatic carbocycles. The summed E-state index contributed by atoms with van der Waals surface area (Å²) in [5.74, 6) is 1.11. The molecule has 0 bridgehead atoms. The number of carbonyl (C=O) groups excluding carboxylic acids is 1. The normalized spacial score (nSPS) is 11.2. The second-order valence-corrected chi connectivity index (χ2v) is 7.24. The average molecular weight is 383 g/mol. The smallest absolute Gasteiger partial charge is 0.278 e. The fraction of sp³-hybridized carbons (Fsp3) is 0.125. The number of para-hydroxylation sites is 1. The van der Waals surface area contributed by atoms with Crippen LogP contribution >= 0.6 is 0 Å². The van der Waals surface area contributed by atoms with Crippen molar-refractivity contribution in [3.05, 3.63) is 108 Å². The maximum atomic E-state index is 12.6. The van der Waals surface area contributed by atoms with Crippen molar-refractivity contribution in [2.24, 2.45) is 0 Å². The van der Waals surface area contributed by atoms with Crippen molar-refractivity contribution in [3.63, 3.8) is 0 Å². The lowest BCUT2D eigenvalue weighted by molar-refractivity contribution is 0.0945. The van der Waals surface area contributed by atoms with Crippen molar-refractivity contribution in [2.75, 3.05) is 0 Å². The third-order valence-corrected chi connectivity index (χ3v) is 4.87. The van der Waals surface area contributed by atoms with Gasteiger partial charge in [0, 0.05) is 29.4 Å². The Bertz CT molecular complexity index is 1120. The summed E-state index contributed by atoms with van der Waals surface area (Å²) in [5.41, 5.74) is 2.00. The third kappa shape index (κ3) is 3.94. The first kappa shape index (κ1) is 18.6. The predicted molar refractivity (Wildman–Crippen MR) is 111 cm³/mol. The van der Waals surface area contributed by atoms with E-state index in [0.717, 1.165) is 17.0 Å². The molecule has 5 nitrogen and oxygen atoms in total. The number of ether oxygens (including phenoxy) is 1. The summed E-state index contributed by atoms with van der Waals surface area (Å²) < 4.78 is 7.22. The summed E-state index contributed by atoms with van der Waals surface area (Å²) in [4.78, 5) is 17.4. The minimum Gasteiger partial charge on any atom is -0.439 e. The van der Waals surface area contributed by atoms with E-state index in [4.69, 9.17) is 9.72 Å². The summed E-state index contributed by atoms with van der Waals surface area (Å²) in [5, 5.41) is 4.03. The highest BCUT2D eigenvalue weighted by Gasteiger charge is 2.26. The van der Waals surface area contributed by atoms with Gasteiger partial charge in [-0.1, -0.05) is 50.2 Å². The standard InChI is InChI=1S/C24H21N3O2/c1-24(2,19-10-6-9-18(17-19)23(28)27-16-8-15-25-27)21-13-7-14-22(26-21)29-20-11-4-3-5-12-20/h3-17H,1-2H3. The van der Waals surface area contributed by atoms with Crippen molar-refractivity contribution in [1.82, 2.24) is 14.8 Å². The Morgan fingerprint density at radius 2 is 1.72 bits per heavy atom. The lowest BCUT2D eigenvalue weighted by Crippen LogP contribution is -2.22. The van der Waals surface area contributed by atoms with Gasteiger partial charge in [-0.2, -0.15) is 5.10 Å². The minimum atomic E-state index is -0.420. The highest BCUT2D eigenvalue weighted by atomic mass is 16.5. The third-order valence-electron chi connectivity index (χ3n) is 4.87. The largest absolute Gasteiger partial charge is 0.439 e. The molecular weight excluding hydrogens is 362 g/mol. The monoisotopic (exact) mass is 383 g/mol. The molecule has 144 valence electrons. The van der Waals surface area contributed by atoms with Crippen LogP contribution in [0.3, 0.4) is 0 Å². The van der Waals surface area contributed by atoms with Gasteiger partial charge in [-0.25, -0.2) is 9.67 Å². The van der Waals surface area contributed by atoms with Crippen LogP contribution in [0.2, 0.25) is 0 Å². The maximum Gasteiger partial charge on any atom is 0.278 e. The van der Waals surface area contributed by atoms with Gasteiger partial charge in [0.1, 0.15) is 5.75 Å². The first-order chi connectivity index (χ1) is 14.0. The number of hydrogen-bond acceptors (Lipinski definition) is 4. The highest BCUT2D eigenvalue weighted by Crippen LogP contribution is 2.32. The van der Waals surface area contributed by atoms with Crippen LogP contribution in [0.5, 0.6) is 11.6 Å². The molecule has 0 unspecified atom stereocenters. The van der Waals surface area contributed by atoms with E-state index in [9.17, 15) is 4.79 Å². The van der Waals surface area contributed by atoms with Crippen LogP contribution < -0.4 is 4.74 Å². The van der Waals surface area contributed by atoms with E-state index < -0.39 is 5.41 Å². The van der Waals surface area contributed by atoms with E-state index in [-0.39, 0.29) is 5.91 Å². The lowest BCUT2D eigenvalue weighted by atomic mass is 9.80. The molecule has 0 N–H and O–H groups in total. The van der Waals surface area contributed by atoms with Crippen LogP contribution in [0.1, 0.15) is 35.5 Å². The van der Waals surface area contributed by atoms with Gasteiger partial charge in [-0.05, 0) is 42.0 Å². The van der Waals surface area contributed by atoms with Crippen LogP contribution in [0.4, 0.5) is 0 Å². The number of nitrogens with zero attached hydrogens (tertiary/aromatic N) is 3. The molecule has 0 saturated heterocycles. The zero-order valence-electron chi connectivity index (χ0n) is 16.3. The molecule has 0 aliphatic heterocycles. The van der Waals surface area contributed by atoms with E-state index in [1.165, 1.54) is 4.68 Å². The van der Waals surface area contributed by atoms with Gasteiger partial charge in [-0.15, -0.1) is 0 Å². The van der Waals surface area contributed by atoms with Gasteiger partial charge in [0.2, 0.25) is 5.88 Å². The fourth-order valence-corrected chi connectivity index (χ4v) is 3.14. The molecule has 5 heteroatoms. The van der Waals surface area contributed by atoms with E-state index >= 15 is 0 Å². The van der Waals surface area contributed by atoms with Crippen LogP contribution in [-0.4, -0.2) is 20.7 Å². The summed E-state index contributed by atoms with van der Waals surface area (Å²) >= 11 is 0. The van der Waals surface area contributed by atoms with Crippen LogP contribution in [0.25, 0.3) is 0 Å². The Kier molecular flexibility index (Phi) is 4.96. The molecule has 2 aromatic heterocycles. The molecule has 29 heavy (non-hydrogen) atoms. The molecule has 0 saturated carbocycles. The molecule has 0 aliphatic rings. The fourth-order valence-electron chi connectivity index (χ4n) is 3.14. The first-order valence-electron chi connectivity index (χ1n) is 9.39. The van der Waals surface area contributed by atoms with Crippen molar-refractivity contribution in [1.29, 1.82) is 0 Å². The summed E-state index contributed by atoms with van der Waals surface area (Å²) in [7, 11) is 0. The van der Waals surface area contributed by atoms with Crippen molar-refractivity contribution >= 4 is 5.91 Å². The van der Waals surface area contributed by atoms with Gasteiger partial charge >= 0.3 is 0 Å². The van der Waals surface area contributed by atoms with E-state index in [1.807, 2.05) is 66.7 Å². The number of aromatic nitrogens is 3. The number of carbonyl (C=O) groups is 1. The minimum absolute atomic E-state index is 0.165. The SMILES string of the molecule is CC(C)(c1cccc(C(=O)n2cccn2)c1)c1cccc(Oc2ccccc2)n1. The summed E-state index contributed by atoms with van der Waals surface area (Å²) in [6.45, 7) is 4.16. The van der Waals surface area contributed by atoms with E-state index in [0.29, 0.717) is 11.4 Å².